The minimum Gasteiger partial charge on any atom is -0.444 e. The lowest BCUT2D eigenvalue weighted by molar-refractivity contribution is 0.463. The molecule has 0 spiro atoms. The Bertz CT molecular complexity index is 725. The maximum atomic E-state index is 12.2. The number of aryl methyl sites for hydroxylation is 3. The van der Waals surface area contributed by atoms with Crippen LogP contribution in [-0.4, -0.2) is 23.2 Å². The average molecular weight is 299 g/mol. The van der Waals surface area contributed by atoms with Crippen LogP contribution >= 0.6 is 0 Å². The number of oxazole rings is 1. The highest BCUT2D eigenvalue weighted by Gasteiger charge is 2.24. The second-order valence-corrected chi connectivity index (χ2v) is 6.20. The van der Waals surface area contributed by atoms with Gasteiger partial charge in [-0.3, -0.25) is 4.68 Å². The summed E-state index contributed by atoms with van der Waals surface area (Å²) in [5.41, 5.74) is 6.84. The zero-order valence-corrected chi connectivity index (χ0v) is 12.6. The summed E-state index contributed by atoms with van der Waals surface area (Å²) < 4.78 is 33.6. The van der Waals surface area contributed by atoms with Gasteiger partial charge in [0.2, 0.25) is 15.9 Å². The predicted molar refractivity (Wildman–Crippen MR) is 72.4 cm³/mol. The lowest BCUT2D eigenvalue weighted by Crippen LogP contribution is -2.24. The molecule has 0 aromatic carbocycles. The fourth-order valence-electron chi connectivity index (χ4n) is 1.79. The highest BCUT2D eigenvalue weighted by molar-refractivity contribution is 7.89. The second kappa shape index (κ2) is 4.91. The molecule has 0 amide bonds. The molecule has 0 aliphatic carbocycles. The van der Waals surface area contributed by atoms with Gasteiger partial charge in [-0.1, -0.05) is 0 Å². The van der Waals surface area contributed by atoms with Gasteiger partial charge < -0.3 is 10.2 Å². The maximum absolute atomic E-state index is 12.2. The van der Waals surface area contributed by atoms with Gasteiger partial charge >= 0.3 is 0 Å². The Morgan fingerprint density at radius 1 is 1.35 bits per heavy atom. The van der Waals surface area contributed by atoms with E-state index in [0.29, 0.717) is 17.3 Å². The topological polar surface area (TPSA) is 116 Å². The van der Waals surface area contributed by atoms with Crippen LogP contribution in [0.15, 0.2) is 9.31 Å². The zero-order valence-electron chi connectivity index (χ0n) is 11.8. The van der Waals surface area contributed by atoms with Crippen LogP contribution in [0.25, 0.3) is 0 Å². The first-order chi connectivity index (χ1) is 9.22. The number of anilines is 1. The Kier molecular flexibility index (Phi) is 3.57. The fourth-order valence-corrected chi connectivity index (χ4v) is 3.09. The SMILES string of the molecule is Cc1nc(CNS(=O)(=O)c2c(N)nn(C)c2C)oc1C. The molecule has 2 aromatic heterocycles. The monoisotopic (exact) mass is 299 g/mol. The van der Waals surface area contributed by atoms with Crippen LogP contribution < -0.4 is 10.5 Å². The van der Waals surface area contributed by atoms with Crippen LogP contribution in [0, 0.1) is 20.8 Å². The van der Waals surface area contributed by atoms with Crippen molar-refractivity contribution >= 4 is 15.8 Å². The van der Waals surface area contributed by atoms with Gasteiger partial charge in [0.25, 0.3) is 0 Å². The molecule has 0 radical (unpaired) electrons. The van der Waals surface area contributed by atoms with E-state index in [1.165, 1.54) is 4.68 Å². The van der Waals surface area contributed by atoms with Gasteiger partial charge in [-0.05, 0) is 20.8 Å². The molecule has 0 fully saturated rings. The molecule has 0 unspecified atom stereocenters. The van der Waals surface area contributed by atoms with Crippen molar-refractivity contribution in [2.45, 2.75) is 32.2 Å². The molecule has 0 aliphatic heterocycles. The van der Waals surface area contributed by atoms with Crippen LogP contribution in [-0.2, 0) is 23.6 Å². The summed E-state index contributed by atoms with van der Waals surface area (Å²) >= 11 is 0. The molecule has 0 bridgehead atoms. The van der Waals surface area contributed by atoms with E-state index in [4.69, 9.17) is 10.2 Å². The quantitative estimate of drug-likeness (QED) is 0.843. The molecule has 0 saturated carbocycles. The smallest absolute Gasteiger partial charge is 0.246 e. The standard InChI is InChI=1S/C11H17N5O3S/c1-6-8(3)19-9(14-6)5-13-20(17,18)10-7(2)16(4)15-11(10)12/h13H,5H2,1-4H3,(H2,12,15). The molecular formula is C11H17N5O3S. The molecule has 110 valence electrons. The highest BCUT2D eigenvalue weighted by atomic mass is 32.2. The molecule has 0 atom stereocenters. The maximum Gasteiger partial charge on any atom is 0.246 e. The Morgan fingerprint density at radius 3 is 2.45 bits per heavy atom. The number of hydrogen-bond donors (Lipinski definition) is 2. The van der Waals surface area contributed by atoms with Gasteiger partial charge in [-0.25, -0.2) is 18.1 Å². The largest absolute Gasteiger partial charge is 0.444 e. The summed E-state index contributed by atoms with van der Waals surface area (Å²) in [4.78, 5) is 4.10. The normalized spacial score (nSPS) is 12.0. The van der Waals surface area contributed by atoms with E-state index < -0.39 is 10.0 Å². The van der Waals surface area contributed by atoms with Crippen LogP contribution in [0.4, 0.5) is 5.82 Å². The number of rotatable bonds is 4. The number of nitrogens with two attached hydrogens (primary N) is 1. The lowest BCUT2D eigenvalue weighted by Gasteiger charge is -2.04. The molecule has 2 heterocycles. The molecular weight excluding hydrogens is 282 g/mol. The fraction of sp³-hybridized carbons (Fsp3) is 0.455. The van der Waals surface area contributed by atoms with Gasteiger partial charge in [0, 0.05) is 7.05 Å². The molecule has 0 saturated heterocycles. The molecule has 3 N–H and O–H groups in total. The summed E-state index contributed by atoms with van der Waals surface area (Å²) in [6.45, 7) is 5.16. The third-order valence-electron chi connectivity index (χ3n) is 3.06. The average Bonchev–Trinajstić information content (AvgIpc) is 2.78. The summed E-state index contributed by atoms with van der Waals surface area (Å²) in [6, 6.07) is 0. The van der Waals surface area contributed by atoms with Crippen molar-refractivity contribution in [2.24, 2.45) is 7.05 Å². The minimum absolute atomic E-state index is 0.0139. The molecule has 0 aliphatic rings. The van der Waals surface area contributed by atoms with Crippen molar-refractivity contribution in [1.82, 2.24) is 19.5 Å². The number of aromatic nitrogens is 3. The number of sulfonamides is 1. The van der Waals surface area contributed by atoms with Gasteiger partial charge in [0.1, 0.15) is 10.7 Å². The number of hydrogen-bond acceptors (Lipinski definition) is 6. The molecule has 2 aromatic rings. The second-order valence-electron chi connectivity index (χ2n) is 4.50. The van der Waals surface area contributed by atoms with Gasteiger partial charge in [0.05, 0.1) is 17.9 Å². The Labute approximate surface area is 117 Å². The van der Waals surface area contributed by atoms with Gasteiger partial charge in [-0.2, -0.15) is 5.10 Å². The Morgan fingerprint density at radius 2 is 2.00 bits per heavy atom. The molecule has 9 heteroatoms. The molecule has 20 heavy (non-hydrogen) atoms. The first-order valence-corrected chi connectivity index (χ1v) is 7.42. The van der Waals surface area contributed by atoms with E-state index in [0.717, 1.165) is 5.69 Å². The summed E-state index contributed by atoms with van der Waals surface area (Å²) in [6.07, 6.45) is 0. The first kappa shape index (κ1) is 14.5. The number of nitrogen functional groups attached to an aromatic ring is 1. The van der Waals surface area contributed by atoms with E-state index in [1.54, 1.807) is 27.8 Å². The van der Waals surface area contributed by atoms with Crippen LogP contribution in [0.5, 0.6) is 0 Å². The van der Waals surface area contributed by atoms with Gasteiger partial charge in [-0.15, -0.1) is 0 Å². The van der Waals surface area contributed by atoms with E-state index in [1.807, 2.05) is 0 Å². The van der Waals surface area contributed by atoms with E-state index in [-0.39, 0.29) is 17.3 Å². The van der Waals surface area contributed by atoms with Crippen molar-refractivity contribution in [1.29, 1.82) is 0 Å². The Hall–Kier alpha value is -1.87. The molecule has 2 rings (SSSR count). The van der Waals surface area contributed by atoms with Crippen LogP contribution in [0.2, 0.25) is 0 Å². The first-order valence-electron chi connectivity index (χ1n) is 5.94. The van der Waals surface area contributed by atoms with Crippen LogP contribution in [0.3, 0.4) is 0 Å². The zero-order chi connectivity index (χ0) is 15.1. The van der Waals surface area contributed by atoms with Crippen molar-refractivity contribution in [3.8, 4) is 0 Å². The van der Waals surface area contributed by atoms with E-state index in [2.05, 4.69) is 14.8 Å². The van der Waals surface area contributed by atoms with Crippen molar-refractivity contribution in [2.75, 3.05) is 5.73 Å². The van der Waals surface area contributed by atoms with Crippen molar-refractivity contribution in [3.63, 3.8) is 0 Å². The third-order valence-corrected chi connectivity index (χ3v) is 4.63. The number of nitrogens with zero attached hydrogens (tertiary/aromatic N) is 3. The minimum atomic E-state index is -3.76. The molecule has 8 nitrogen and oxygen atoms in total. The van der Waals surface area contributed by atoms with Gasteiger partial charge in [0.15, 0.2) is 5.82 Å². The lowest BCUT2D eigenvalue weighted by atomic mass is 10.4. The van der Waals surface area contributed by atoms with Crippen LogP contribution in [0.1, 0.15) is 23.0 Å². The van der Waals surface area contributed by atoms with Crippen molar-refractivity contribution in [3.05, 3.63) is 23.0 Å². The Balaban J connectivity index is 2.23. The van der Waals surface area contributed by atoms with Crippen molar-refractivity contribution < 1.29 is 12.8 Å². The highest BCUT2D eigenvalue weighted by Crippen LogP contribution is 2.21. The summed E-state index contributed by atoms with van der Waals surface area (Å²) in [7, 11) is -2.13. The predicted octanol–water partition coefficient (Wildman–Crippen LogP) is 0.394. The summed E-state index contributed by atoms with van der Waals surface area (Å²) in [5.74, 6) is 0.942. The summed E-state index contributed by atoms with van der Waals surface area (Å²) in [5, 5.41) is 3.89. The van der Waals surface area contributed by atoms with E-state index in [9.17, 15) is 8.42 Å². The van der Waals surface area contributed by atoms with E-state index >= 15 is 0 Å². The third kappa shape index (κ3) is 2.54. The number of nitrogens with one attached hydrogen (secondary N) is 1.